The second kappa shape index (κ2) is 6.06. The van der Waals surface area contributed by atoms with Crippen molar-refractivity contribution >= 4 is 5.82 Å². The number of nitrogens with one attached hydrogen (secondary N) is 1. The molecule has 5 nitrogen and oxygen atoms in total. The molecule has 0 atom stereocenters. The van der Waals surface area contributed by atoms with Crippen LogP contribution in [0.2, 0.25) is 0 Å². The molecule has 2 heterocycles. The lowest BCUT2D eigenvalue weighted by Crippen LogP contribution is -2.53. The zero-order chi connectivity index (χ0) is 14.8. The van der Waals surface area contributed by atoms with Gasteiger partial charge in [-0.1, -0.05) is 0 Å². The van der Waals surface area contributed by atoms with Crippen LogP contribution in [0.5, 0.6) is 0 Å². The van der Waals surface area contributed by atoms with Gasteiger partial charge in [-0.3, -0.25) is 9.80 Å². The second-order valence-corrected chi connectivity index (χ2v) is 6.49. The third-order valence-electron chi connectivity index (χ3n) is 3.84. The zero-order valence-corrected chi connectivity index (χ0v) is 13.4. The van der Waals surface area contributed by atoms with Gasteiger partial charge in [0.25, 0.3) is 0 Å². The molecule has 0 unspecified atom stereocenters. The minimum atomic E-state index is 0.269. The predicted octanol–water partition coefficient (Wildman–Crippen LogP) is 1.74. The molecule has 2 rings (SSSR count). The first-order valence-corrected chi connectivity index (χ1v) is 7.38. The van der Waals surface area contributed by atoms with Gasteiger partial charge in [-0.15, -0.1) is 0 Å². The minimum Gasteiger partial charge on any atom is -0.373 e. The monoisotopic (exact) mass is 277 g/mol. The highest BCUT2D eigenvalue weighted by molar-refractivity contribution is 5.34. The van der Waals surface area contributed by atoms with E-state index in [0.717, 1.165) is 50.1 Å². The van der Waals surface area contributed by atoms with E-state index >= 15 is 0 Å². The number of hydrogen-bond donors (Lipinski definition) is 1. The summed E-state index contributed by atoms with van der Waals surface area (Å²) in [5.74, 6) is 1.82. The lowest BCUT2D eigenvalue weighted by Gasteiger charge is -2.42. The van der Waals surface area contributed by atoms with Gasteiger partial charge in [-0.2, -0.15) is 0 Å². The van der Waals surface area contributed by atoms with Gasteiger partial charge in [0, 0.05) is 50.5 Å². The molecule has 1 aliphatic heterocycles. The Morgan fingerprint density at radius 2 is 1.80 bits per heavy atom. The van der Waals surface area contributed by atoms with E-state index < -0.39 is 0 Å². The topological polar surface area (TPSA) is 44.3 Å². The highest BCUT2D eigenvalue weighted by atomic mass is 15.3. The molecule has 1 aliphatic rings. The number of aromatic nitrogens is 2. The zero-order valence-electron chi connectivity index (χ0n) is 13.4. The smallest absolute Gasteiger partial charge is 0.144 e. The van der Waals surface area contributed by atoms with Crippen molar-refractivity contribution in [3.8, 4) is 0 Å². The summed E-state index contributed by atoms with van der Waals surface area (Å²) >= 11 is 0. The molecule has 0 amide bonds. The molecular weight excluding hydrogens is 250 g/mol. The second-order valence-electron chi connectivity index (χ2n) is 6.49. The van der Waals surface area contributed by atoms with Crippen molar-refractivity contribution in [1.29, 1.82) is 0 Å². The molecule has 5 heteroatoms. The summed E-state index contributed by atoms with van der Waals surface area (Å²) < 4.78 is 0. The first-order chi connectivity index (χ1) is 9.38. The first kappa shape index (κ1) is 15.2. The van der Waals surface area contributed by atoms with Crippen LogP contribution in [0.1, 0.15) is 32.3 Å². The Balaban J connectivity index is 1.94. The summed E-state index contributed by atoms with van der Waals surface area (Å²) in [5, 5.41) is 3.09. The van der Waals surface area contributed by atoms with E-state index in [4.69, 9.17) is 0 Å². The molecule has 0 bridgehead atoms. The van der Waals surface area contributed by atoms with Gasteiger partial charge in [0.05, 0.1) is 6.54 Å². The van der Waals surface area contributed by atoms with Crippen LogP contribution >= 0.6 is 0 Å². The third kappa shape index (κ3) is 3.90. The van der Waals surface area contributed by atoms with Gasteiger partial charge >= 0.3 is 0 Å². The van der Waals surface area contributed by atoms with Gasteiger partial charge in [-0.25, -0.2) is 9.97 Å². The minimum absolute atomic E-state index is 0.269. The average molecular weight is 277 g/mol. The summed E-state index contributed by atoms with van der Waals surface area (Å²) in [5.41, 5.74) is 1.29. The van der Waals surface area contributed by atoms with Crippen LogP contribution in [0.3, 0.4) is 0 Å². The van der Waals surface area contributed by atoms with E-state index in [1.54, 1.807) is 0 Å². The number of anilines is 1. The van der Waals surface area contributed by atoms with E-state index in [1.807, 2.05) is 20.0 Å². The molecule has 112 valence electrons. The molecule has 20 heavy (non-hydrogen) atoms. The molecule has 0 saturated carbocycles. The standard InChI is InChI=1S/C15H27N5/c1-12-10-13(16-5)18-14(17-12)11-19-6-8-20(9-7-19)15(2,3)4/h10H,6-9,11H2,1-5H3,(H,16,17,18). The molecular formula is C15H27N5. The normalized spacial score (nSPS) is 18.2. The summed E-state index contributed by atoms with van der Waals surface area (Å²) in [4.78, 5) is 14.1. The fraction of sp³-hybridized carbons (Fsp3) is 0.733. The Labute approximate surface area is 122 Å². The van der Waals surface area contributed by atoms with E-state index in [0.29, 0.717) is 0 Å². The molecule has 1 N–H and O–H groups in total. The highest BCUT2D eigenvalue weighted by Gasteiger charge is 2.26. The summed E-state index contributed by atoms with van der Waals surface area (Å²) in [6, 6.07) is 1.97. The maximum absolute atomic E-state index is 4.54. The van der Waals surface area contributed by atoms with Gasteiger partial charge in [-0.05, 0) is 27.7 Å². The Kier molecular flexibility index (Phi) is 4.60. The number of nitrogens with zero attached hydrogens (tertiary/aromatic N) is 4. The van der Waals surface area contributed by atoms with Crippen molar-refractivity contribution in [3.63, 3.8) is 0 Å². The Morgan fingerprint density at radius 3 is 2.35 bits per heavy atom. The molecule has 0 spiro atoms. The summed E-state index contributed by atoms with van der Waals surface area (Å²) in [6.45, 7) is 14.1. The third-order valence-corrected chi connectivity index (χ3v) is 3.84. The quantitative estimate of drug-likeness (QED) is 0.912. The van der Waals surface area contributed by atoms with Gasteiger partial charge in [0.2, 0.25) is 0 Å². The number of aryl methyl sites for hydroxylation is 1. The van der Waals surface area contributed by atoms with Crippen LogP contribution in [0, 0.1) is 6.92 Å². The fourth-order valence-corrected chi connectivity index (χ4v) is 2.61. The lowest BCUT2D eigenvalue weighted by molar-refractivity contribution is 0.0580. The van der Waals surface area contributed by atoms with Crippen LogP contribution in [-0.4, -0.2) is 58.5 Å². The van der Waals surface area contributed by atoms with Crippen molar-refractivity contribution in [2.45, 2.75) is 39.8 Å². The molecule has 1 fully saturated rings. The van der Waals surface area contributed by atoms with Crippen molar-refractivity contribution in [2.24, 2.45) is 0 Å². The van der Waals surface area contributed by atoms with Crippen LogP contribution < -0.4 is 5.32 Å². The largest absolute Gasteiger partial charge is 0.373 e. The lowest BCUT2D eigenvalue weighted by atomic mass is 10.1. The molecule has 1 aromatic rings. The van der Waals surface area contributed by atoms with Crippen LogP contribution in [-0.2, 0) is 6.54 Å². The van der Waals surface area contributed by atoms with Crippen LogP contribution in [0.25, 0.3) is 0 Å². The van der Waals surface area contributed by atoms with Gasteiger partial charge in [0.1, 0.15) is 11.6 Å². The van der Waals surface area contributed by atoms with Gasteiger partial charge in [0.15, 0.2) is 0 Å². The van der Waals surface area contributed by atoms with E-state index in [9.17, 15) is 0 Å². The number of hydrogen-bond acceptors (Lipinski definition) is 5. The average Bonchev–Trinajstić information content (AvgIpc) is 2.37. The number of rotatable bonds is 3. The Bertz CT molecular complexity index is 444. The Morgan fingerprint density at radius 1 is 1.15 bits per heavy atom. The SMILES string of the molecule is CNc1cc(C)nc(CN2CCN(C(C)(C)C)CC2)n1. The van der Waals surface area contributed by atoms with Gasteiger partial charge < -0.3 is 5.32 Å². The first-order valence-electron chi connectivity index (χ1n) is 7.38. The molecule has 1 saturated heterocycles. The van der Waals surface area contributed by atoms with Crippen molar-refractivity contribution in [1.82, 2.24) is 19.8 Å². The van der Waals surface area contributed by atoms with E-state index in [1.165, 1.54) is 0 Å². The summed E-state index contributed by atoms with van der Waals surface area (Å²) in [6.07, 6.45) is 0. The maximum atomic E-state index is 4.54. The van der Waals surface area contributed by atoms with Crippen molar-refractivity contribution in [3.05, 3.63) is 17.6 Å². The molecule has 0 radical (unpaired) electrons. The summed E-state index contributed by atoms with van der Waals surface area (Å²) in [7, 11) is 1.90. The fourth-order valence-electron chi connectivity index (χ4n) is 2.61. The maximum Gasteiger partial charge on any atom is 0.144 e. The van der Waals surface area contributed by atoms with E-state index in [2.05, 4.69) is 45.9 Å². The molecule has 0 aromatic carbocycles. The molecule has 1 aromatic heterocycles. The molecule has 0 aliphatic carbocycles. The van der Waals surface area contributed by atoms with Crippen LogP contribution in [0.4, 0.5) is 5.82 Å². The van der Waals surface area contributed by atoms with Crippen molar-refractivity contribution < 1.29 is 0 Å². The van der Waals surface area contributed by atoms with Crippen LogP contribution in [0.15, 0.2) is 6.07 Å². The van der Waals surface area contributed by atoms with E-state index in [-0.39, 0.29) is 5.54 Å². The number of piperazine rings is 1. The van der Waals surface area contributed by atoms with Crippen molar-refractivity contribution in [2.75, 3.05) is 38.5 Å². The highest BCUT2D eigenvalue weighted by Crippen LogP contribution is 2.16. The Hall–Kier alpha value is -1.20. The predicted molar refractivity (Wildman–Crippen MR) is 82.9 cm³/mol.